The third-order valence-electron chi connectivity index (χ3n) is 3.70. The van der Waals surface area contributed by atoms with Gasteiger partial charge in [0.1, 0.15) is 0 Å². The zero-order valence-electron chi connectivity index (χ0n) is 11.7. The van der Waals surface area contributed by atoms with Crippen LogP contribution >= 0.6 is 0 Å². The average Bonchev–Trinajstić information content (AvgIpc) is 2.73. The van der Waals surface area contributed by atoms with Crippen molar-refractivity contribution in [2.45, 2.75) is 44.8 Å². The molecule has 4 nitrogen and oxygen atoms in total. The fraction of sp³-hybridized carbons (Fsp3) is 0.571. The molecule has 0 N–H and O–H groups in total. The second-order valence-electron chi connectivity index (χ2n) is 5.12. The Morgan fingerprint density at radius 3 is 2.74 bits per heavy atom. The van der Waals surface area contributed by atoms with Gasteiger partial charge in [0.15, 0.2) is 0 Å². The summed E-state index contributed by atoms with van der Waals surface area (Å²) in [6, 6.07) is 0. The molecule has 0 aromatic heterocycles. The number of allylic oxidation sites excluding steroid dienone is 2. The standard InChI is InChI=1S/C14H22N2O2S/c1-5-9-14(3)10-7-8-12(14)19(17,18)13(15-4)16-11-6-2/h5-6,11-12H,1,4,7-10H2,2-3H3/b11-6-,16-13+/t12-,14-/m1/s1. The molecule has 0 heterocycles. The molecule has 0 radical (unpaired) electrons. The zero-order valence-corrected chi connectivity index (χ0v) is 12.5. The van der Waals surface area contributed by atoms with Crippen molar-refractivity contribution < 1.29 is 8.42 Å². The smallest absolute Gasteiger partial charge is 0.235 e. The highest BCUT2D eigenvalue weighted by Crippen LogP contribution is 2.45. The van der Waals surface area contributed by atoms with E-state index in [0.717, 1.165) is 12.8 Å². The lowest BCUT2D eigenvalue weighted by molar-refractivity contribution is 0.343. The third-order valence-corrected chi connectivity index (χ3v) is 6.00. The van der Waals surface area contributed by atoms with Crippen LogP contribution in [0.25, 0.3) is 0 Å². The van der Waals surface area contributed by atoms with Crippen molar-refractivity contribution in [2.24, 2.45) is 15.4 Å². The predicted molar refractivity (Wildman–Crippen MR) is 81.3 cm³/mol. The maximum Gasteiger partial charge on any atom is 0.246 e. The van der Waals surface area contributed by atoms with E-state index in [4.69, 9.17) is 0 Å². The molecule has 5 heteroatoms. The van der Waals surface area contributed by atoms with Gasteiger partial charge in [-0.15, -0.1) is 6.58 Å². The monoisotopic (exact) mass is 282 g/mol. The second-order valence-corrected chi connectivity index (χ2v) is 7.15. The average molecular weight is 282 g/mol. The molecule has 19 heavy (non-hydrogen) atoms. The molecule has 0 aromatic rings. The Morgan fingerprint density at radius 2 is 2.21 bits per heavy atom. The van der Waals surface area contributed by atoms with Crippen LogP contribution in [0, 0.1) is 5.41 Å². The summed E-state index contributed by atoms with van der Waals surface area (Å²) in [4.78, 5) is 7.50. The molecule has 1 fully saturated rings. The topological polar surface area (TPSA) is 58.9 Å². The number of hydrogen-bond acceptors (Lipinski definition) is 3. The molecule has 1 saturated carbocycles. The maximum absolute atomic E-state index is 12.6. The van der Waals surface area contributed by atoms with Gasteiger partial charge in [-0.05, 0) is 38.3 Å². The van der Waals surface area contributed by atoms with Crippen LogP contribution < -0.4 is 0 Å². The van der Waals surface area contributed by atoms with Gasteiger partial charge in [0.25, 0.3) is 0 Å². The second kappa shape index (κ2) is 6.28. The van der Waals surface area contributed by atoms with Gasteiger partial charge in [0, 0.05) is 6.20 Å². The van der Waals surface area contributed by atoms with Crippen molar-refractivity contribution in [1.82, 2.24) is 0 Å². The van der Waals surface area contributed by atoms with Crippen LogP contribution in [0.3, 0.4) is 0 Å². The highest BCUT2D eigenvalue weighted by Gasteiger charge is 2.47. The first-order chi connectivity index (χ1) is 8.92. The number of amidine groups is 1. The van der Waals surface area contributed by atoms with E-state index in [2.05, 4.69) is 23.3 Å². The molecule has 0 amide bonds. The molecule has 106 valence electrons. The summed E-state index contributed by atoms with van der Waals surface area (Å²) in [7, 11) is -3.53. The van der Waals surface area contributed by atoms with Crippen molar-refractivity contribution in [3.63, 3.8) is 0 Å². The third kappa shape index (κ3) is 3.21. The van der Waals surface area contributed by atoms with E-state index in [1.54, 1.807) is 19.1 Å². The Morgan fingerprint density at radius 1 is 1.53 bits per heavy atom. The number of nitrogens with zero attached hydrogens (tertiary/aromatic N) is 2. The Kier molecular flexibility index (Phi) is 5.23. The number of hydrogen-bond donors (Lipinski definition) is 0. The van der Waals surface area contributed by atoms with E-state index >= 15 is 0 Å². The zero-order chi connectivity index (χ0) is 14.5. The van der Waals surface area contributed by atoms with E-state index in [1.165, 1.54) is 6.20 Å². The summed E-state index contributed by atoms with van der Waals surface area (Å²) in [6.07, 6.45) is 8.01. The van der Waals surface area contributed by atoms with Crippen molar-refractivity contribution in [3.05, 3.63) is 24.9 Å². The highest BCUT2D eigenvalue weighted by atomic mass is 32.2. The van der Waals surface area contributed by atoms with Crippen molar-refractivity contribution in [1.29, 1.82) is 0 Å². The summed E-state index contributed by atoms with van der Waals surface area (Å²) >= 11 is 0. The van der Waals surface area contributed by atoms with Crippen LogP contribution in [0.15, 0.2) is 34.9 Å². The number of rotatable bonds is 4. The Bertz CT molecular complexity index is 506. The first kappa shape index (κ1) is 15.8. The fourth-order valence-electron chi connectivity index (χ4n) is 2.76. The normalized spacial score (nSPS) is 28.7. The van der Waals surface area contributed by atoms with Gasteiger partial charge in [0.2, 0.25) is 15.0 Å². The minimum atomic E-state index is -3.53. The van der Waals surface area contributed by atoms with Crippen molar-refractivity contribution in [3.8, 4) is 0 Å². The number of sulfone groups is 1. The lowest BCUT2D eigenvalue weighted by Gasteiger charge is -2.29. The SMILES string of the molecule is C=CC[C@]1(C)CCC[C@H]1S(=O)(=O)/C(N=C)=N/C=C\C. The molecular weight excluding hydrogens is 260 g/mol. The summed E-state index contributed by atoms with van der Waals surface area (Å²) < 4.78 is 25.3. The summed E-state index contributed by atoms with van der Waals surface area (Å²) in [6.45, 7) is 10.8. The summed E-state index contributed by atoms with van der Waals surface area (Å²) in [5.74, 6) is 0. The molecule has 0 aromatic carbocycles. The first-order valence-electron chi connectivity index (χ1n) is 6.43. The van der Waals surface area contributed by atoms with Crippen LogP contribution in [0.1, 0.15) is 39.5 Å². The first-order valence-corrected chi connectivity index (χ1v) is 7.97. The Labute approximate surface area is 116 Å². The van der Waals surface area contributed by atoms with Crippen LogP contribution in [0.5, 0.6) is 0 Å². The molecule has 0 spiro atoms. The predicted octanol–water partition coefficient (Wildman–Crippen LogP) is 3.13. The Hall–Kier alpha value is -1.23. The van der Waals surface area contributed by atoms with Gasteiger partial charge in [-0.25, -0.2) is 18.4 Å². The van der Waals surface area contributed by atoms with E-state index in [-0.39, 0.29) is 10.6 Å². The van der Waals surface area contributed by atoms with Gasteiger partial charge in [-0.3, -0.25) is 0 Å². The molecule has 0 bridgehead atoms. The minimum absolute atomic E-state index is 0.173. The molecule has 2 atom stereocenters. The van der Waals surface area contributed by atoms with E-state index in [1.807, 2.05) is 6.92 Å². The van der Waals surface area contributed by atoms with Crippen LogP contribution in [0.4, 0.5) is 0 Å². The lowest BCUT2D eigenvalue weighted by atomic mass is 9.85. The molecule has 0 unspecified atom stereocenters. The minimum Gasteiger partial charge on any atom is -0.235 e. The van der Waals surface area contributed by atoms with E-state index in [9.17, 15) is 8.42 Å². The van der Waals surface area contributed by atoms with Gasteiger partial charge in [0.05, 0.1) is 5.25 Å². The van der Waals surface area contributed by atoms with Crippen molar-refractivity contribution >= 4 is 21.7 Å². The molecule has 0 saturated heterocycles. The quantitative estimate of drug-likeness (QED) is 0.452. The lowest BCUT2D eigenvalue weighted by Crippen LogP contribution is -2.37. The molecule has 1 rings (SSSR count). The highest BCUT2D eigenvalue weighted by molar-refractivity contribution is 8.06. The molecular formula is C14H22N2O2S. The van der Waals surface area contributed by atoms with Gasteiger partial charge in [-0.1, -0.05) is 25.5 Å². The fourth-order valence-corrected chi connectivity index (χ4v) is 4.85. The Balaban J connectivity index is 3.18. The number of aliphatic imine (C=N–C) groups is 2. The molecule has 0 aliphatic heterocycles. The maximum atomic E-state index is 12.6. The molecule has 1 aliphatic carbocycles. The van der Waals surface area contributed by atoms with Crippen LogP contribution in [-0.2, 0) is 9.84 Å². The largest absolute Gasteiger partial charge is 0.246 e. The van der Waals surface area contributed by atoms with Gasteiger partial charge in [-0.2, -0.15) is 0 Å². The van der Waals surface area contributed by atoms with Crippen molar-refractivity contribution in [2.75, 3.05) is 0 Å². The summed E-state index contributed by atoms with van der Waals surface area (Å²) in [5.41, 5.74) is -0.276. The summed E-state index contributed by atoms with van der Waals surface area (Å²) in [5, 5.41) is -0.625. The van der Waals surface area contributed by atoms with Gasteiger partial charge >= 0.3 is 0 Å². The van der Waals surface area contributed by atoms with E-state index < -0.39 is 15.1 Å². The van der Waals surface area contributed by atoms with Gasteiger partial charge < -0.3 is 0 Å². The van der Waals surface area contributed by atoms with Crippen LogP contribution in [0.2, 0.25) is 0 Å². The molecule has 1 aliphatic rings. The van der Waals surface area contributed by atoms with E-state index in [0.29, 0.717) is 12.8 Å². The van der Waals surface area contributed by atoms with Crippen LogP contribution in [-0.4, -0.2) is 25.6 Å².